The van der Waals surface area contributed by atoms with E-state index in [2.05, 4.69) is 54.8 Å². The minimum absolute atomic E-state index is 0.228. The largest absolute Gasteiger partial charge is 0.472 e. The molecule has 53 heavy (non-hydrogen) atoms. The Hall–Kier alpha value is -1.73. The molecule has 0 saturated heterocycles. The lowest BCUT2D eigenvalue weighted by atomic mass is 10.0. The van der Waals surface area contributed by atoms with Crippen LogP contribution < -0.4 is 0 Å². The Morgan fingerprint density at radius 3 is 1.38 bits per heavy atom. The normalized spacial score (nSPS) is 13.7. The van der Waals surface area contributed by atoms with Crippen LogP contribution in [-0.4, -0.2) is 43.3 Å². The highest BCUT2D eigenvalue weighted by atomic mass is 31.2. The van der Waals surface area contributed by atoms with Crippen LogP contribution in [0.15, 0.2) is 36.5 Å². The van der Waals surface area contributed by atoms with Gasteiger partial charge in [0.05, 0.1) is 6.61 Å². The molecule has 0 amide bonds. The molecule has 2 atom stereocenters. The molecule has 0 saturated carbocycles. The second-order valence-corrected chi connectivity index (χ2v) is 16.0. The SMILES string of the molecule is CCCCC/C=C\C/C=C\C/C=C\CCCCCCCCC(=O)OC(COC(=O)CCCCCCCCCCCCCCCCC)COP(=O)(O)OC. The first-order chi connectivity index (χ1) is 25.8. The zero-order valence-electron chi connectivity index (χ0n) is 34.4. The lowest BCUT2D eigenvalue weighted by Gasteiger charge is -2.19. The number of phosphoric ester groups is 1. The molecule has 0 bridgehead atoms. The van der Waals surface area contributed by atoms with Crippen molar-refractivity contribution in [3.8, 4) is 0 Å². The molecular weight excluding hydrogens is 687 g/mol. The zero-order valence-corrected chi connectivity index (χ0v) is 35.3. The summed E-state index contributed by atoms with van der Waals surface area (Å²) < 4.78 is 32.0. The van der Waals surface area contributed by atoms with Gasteiger partial charge in [-0.25, -0.2) is 4.57 Å². The second-order valence-electron chi connectivity index (χ2n) is 14.5. The van der Waals surface area contributed by atoms with Crippen molar-refractivity contribution in [1.82, 2.24) is 0 Å². The Morgan fingerprint density at radius 1 is 0.528 bits per heavy atom. The fraction of sp³-hybridized carbons (Fsp3) is 0.818. The Bertz CT molecular complexity index is 963. The number of carbonyl (C=O) groups is 2. The van der Waals surface area contributed by atoms with Gasteiger partial charge in [0.25, 0.3) is 0 Å². The first-order valence-electron chi connectivity index (χ1n) is 21.7. The van der Waals surface area contributed by atoms with Gasteiger partial charge in [0.2, 0.25) is 0 Å². The summed E-state index contributed by atoms with van der Waals surface area (Å²) in [5.41, 5.74) is 0. The van der Waals surface area contributed by atoms with Crippen molar-refractivity contribution in [3.63, 3.8) is 0 Å². The average Bonchev–Trinajstić information content (AvgIpc) is 3.15. The van der Waals surface area contributed by atoms with Gasteiger partial charge < -0.3 is 14.4 Å². The number of allylic oxidation sites excluding steroid dienone is 6. The number of ether oxygens (including phenoxy) is 2. The van der Waals surface area contributed by atoms with Gasteiger partial charge in [-0.2, -0.15) is 0 Å². The van der Waals surface area contributed by atoms with Gasteiger partial charge in [0.1, 0.15) is 6.61 Å². The summed E-state index contributed by atoms with van der Waals surface area (Å²) in [6.45, 7) is 3.86. The first-order valence-corrected chi connectivity index (χ1v) is 23.2. The first kappa shape index (κ1) is 51.3. The summed E-state index contributed by atoms with van der Waals surface area (Å²) in [4.78, 5) is 34.5. The summed E-state index contributed by atoms with van der Waals surface area (Å²) in [5, 5.41) is 0. The van der Waals surface area contributed by atoms with Gasteiger partial charge in [-0.1, -0.05) is 179 Å². The lowest BCUT2D eigenvalue weighted by molar-refractivity contribution is -0.161. The van der Waals surface area contributed by atoms with Crippen LogP contribution in [0, 0.1) is 0 Å². The molecule has 0 rings (SSSR count). The number of rotatable bonds is 40. The van der Waals surface area contributed by atoms with Crippen LogP contribution in [0.5, 0.6) is 0 Å². The van der Waals surface area contributed by atoms with Crippen LogP contribution in [0.2, 0.25) is 0 Å². The molecule has 0 aromatic carbocycles. The number of hydrogen-bond donors (Lipinski definition) is 1. The third-order valence-electron chi connectivity index (χ3n) is 9.39. The maximum atomic E-state index is 12.5. The predicted octanol–water partition coefficient (Wildman–Crippen LogP) is 13.6. The van der Waals surface area contributed by atoms with Crippen molar-refractivity contribution in [2.75, 3.05) is 20.3 Å². The van der Waals surface area contributed by atoms with E-state index in [1.165, 1.54) is 116 Å². The maximum Gasteiger partial charge on any atom is 0.472 e. The summed E-state index contributed by atoms with van der Waals surface area (Å²) in [5.74, 6) is -0.812. The van der Waals surface area contributed by atoms with Crippen LogP contribution in [0.4, 0.5) is 0 Å². The molecule has 310 valence electrons. The zero-order chi connectivity index (χ0) is 38.9. The minimum atomic E-state index is -4.26. The highest BCUT2D eigenvalue weighted by Crippen LogP contribution is 2.42. The number of phosphoric acid groups is 1. The van der Waals surface area contributed by atoms with Gasteiger partial charge >= 0.3 is 19.8 Å². The summed E-state index contributed by atoms with van der Waals surface area (Å²) >= 11 is 0. The third-order valence-corrected chi connectivity index (χ3v) is 10.3. The Morgan fingerprint density at radius 2 is 0.906 bits per heavy atom. The quantitative estimate of drug-likeness (QED) is 0.0284. The molecule has 0 aliphatic carbocycles. The maximum absolute atomic E-state index is 12.5. The van der Waals surface area contributed by atoms with E-state index in [0.29, 0.717) is 12.8 Å². The van der Waals surface area contributed by atoms with Crippen LogP contribution in [0.25, 0.3) is 0 Å². The van der Waals surface area contributed by atoms with Gasteiger partial charge in [-0.3, -0.25) is 18.6 Å². The third kappa shape index (κ3) is 39.8. The fourth-order valence-electron chi connectivity index (χ4n) is 6.02. The van der Waals surface area contributed by atoms with Crippen LogP contribution in [-0.2, 0) is 32.7 Å². The molecule has 1 N–H and O–H groups in total. The average molecular weight is 769 g/mol. The van der Waals surface area contributed by atoms with E-state index < -0.39 is 26.5 Å². The number of unbranched alkanes of at least 4 members (excludes halogenated alkanes) is 23. The highest BCUT2D eigenvalue weighted by Gasteiger charge is 2.24. The minimum Gasteiger partial charge on any atom is -0.462 e. The molecule has 0 heterocycles. The van der Waals surface area contributed by atoms with Crippen molar-refractivity contribution >= 4 is 19.8 Å². The van der Waals surface area contributed by atoms with Crippen LogP contribution >= 0.6 is 7.82 Å². The Balaban J connectivity index is 4.01. The molecule has 8 nitrogen and oxygen atoms in total. The molecule has 0 spiro atoms. The van der Waals surface area contributed by atoms with Crippen molar-refractivity contribution in [2.45, 2.75) is 213 Å². The fourth-order valence-corrected chi connectivity index (χ4v) is 6.48. The summed E-state index contributed by atoms with van der Waals surface area (Å²) in [7, 11) is -3.20. The molecule has 0 aromatic heterocycles. The Kier molecular flexibility index (Phi) is 38.6. The molecule has 9 heteroatoms. The van der Waals surface area contributed by atoms with Gasteiger partial charge in [0, 0.05) is 20.0 Å². The second kappa shape index (κ2) is 39.9. The van der Waals surface area contributed by atoms with Crippen LogP contribution in [0.1, 0.15) is 206 Å². The van der Waals surface area contributed by atoms with Crippen LogP contribution in [0.3, 0.4) is 0 Å². The standard InChI is InChI=1S/C44H81O8P/c1-4-6-8-10-12-14-16-18-20-21-22-23-25-27-29-31-33-35-37-39-44(46)52-42(41-51-53(47,48)49-3)40-50-43(45)38-36-34-32-30-28-26-24-19-17-15-13-11-9-7-5-2/h12,14,18,20,22-23,42H,4-11,13,15-17,19,21,24-41H2,1-3H3,(H,47,48)/b14-12-,20-18-,23-22-. The van der Waals surface area contributed by atoms with E-state index in [4.69, 9.17) is 14.0 Å². The molecule has 0 fully saturated rings. The van der Waals surface area contributed by atoms with E-state index in [0.717, 1.165) is 64.9 Å². The van der Waals surface area contributed by atoms with E-state index in [1.54, 1.807) is 0 Å². The van der Waals surface area contributed by atoms with Crippen molar-refractivity contribution < 1.29 is 37.6 Å². The lowest BCUT2D eigenvalue weighted by Crippen LogP contribution is -2.29. The number of carbonyl (C=O) groups excluding carboxylic acids is 2. The Labute approximate surface area is 325 Å². The van der Waals surface area contributed by atoms with Crippen molar-refractivity contribution in [3.05, 3.63) is 36.5 Å². The highest BCUT2D eigenvalue weighted by molar-refractivity contribution is 7.47. The summed E-state index contributed by atoms with van der Waals surface area (Å²) in [6.07, 6.45) is 46.2. The molecule has 0 aliphatic rings. The molecular formula is C44H81O8P. The monoisotopic (exact) mass is 769 g/mol. The number of hydrogen-bond acceptors (Lipinski definition) is 7. The van der Waals surface area contributed by atoms with Crippen molar-refractivity contribution in [2.24, 2.45) is 0 Å². The topological polar surface area (TPSA) is 108 Å². The van der Waals surface area contributed by atoms with E-state index >= 15 is 0 Å². The van der Waals surface area contributed by atoms with Gasteiger partial charge in [-0.05, 0) is 51.4 Å². The van der Waals surface area contributed by atoms with E-state index in [9.17, 15) is 19.0 Å². The van der Waals surface area contributed by atoms with Gasteiger partial charge in [-0.15, -0.1) is 0 Å². The molecule has 0 radical (unpaired) electrons. The van der Waals surface area contributed by atoms with E-state index in [-0.39, 0.29) is 19.0 Å². The molecule has 0 aromatic rings. The van der Waals surface area contributed by atoms with Gasteiger partial charge in [0.15, 0.2) is 6.10 Å². The number of esters is 2. The van der Waals surface area contributed by atoms with Crippen molar-refractivity contribution in [1.29, 1.82) is 0 Å². The summed E-state index contributed by atoms with van der Waals surface area (Å²) in [6, 6.07) is 0. The van der Waals surface area contributed by atoms with E-state index in [1.807, 2.05) is 0 Å². The molecule has 0 aliphatic heterocycles. The predicted molar refractivity (Wildman–Crippen MR) is 221 cm³/mol. The smallest absolute Gasteiger partial charge is 0.462 e. The molecule has 2 unspecified atom stereocenters.